The third-order valence-corrected chi connectivity index (χ3v) is 14.5. The van der Waals surface area contributed by atoms with Gasteiger partial charge in [-0.1, -0.05) is 137 Å². The van der Waals surface area contributed by atoms with Crippen LogP contribution in [0.2, 0.25) is 0 Å². The first kappa shape index (κ1) is 37.9. The second-order valence-electron chi connectivity index (χ2n) is 19.1. The van der Waals surface area contributed by atoms with Gasteiger partial charge in [0, 0.05) is 49.1 Å². The van der Waals surface area contributed by atoms with Crippen LogP contribution in [-0.2, 0) is 11.8 Å². The van der Waals surface area contributed by atoms with Crippen LogP contribution < -0.4 is 9.80 Å². The van der Waals surface area contributed by atoms with E-state index in [0.717, 1.165) is 85.2 Å². The van der Waals surface area contributed by atoms with E-state index in [1.54, 1.807) is 0 Å². The third kappa shape index (κ3) is 5.50. The molecule has 4 nitrogen and oxygen atoms in total. The minimum absolute atomic E-state index is 0.0544. The molecule has 0 amide bonds. The molecular weight excluding hydrogens is 793 g/mol. The fourth-order valence-electron chi connectivity index (χ4n) is 11.3. The van der Waals surface area contributed by atoms with Crippen LogP contribution in [0.25, 0.3) is 76.2 Å². The first-order chi connectivity index (χ1) is 31.7. The Morgan fingerprint density at radius 2 is 1.03 bits per heavy atom. The molecule has 12 aromatic rings. The molecule has 4 heteroatoms. The molecule has 314 valence electrons. The van der Waals surface area contributed by atoms with Gasteiger partial charge in [-0.3, -0.25) is 0 Å². The van der Waals surface area contributed by atoms with Gasteiger partial charge in [-0.05, 0) is 130 Å². The number of hydrogen-bond donors (Lipinski definition) is 0. The Kier molecular flexibility index (Phi) is 8.15. The van der Waals surface area contributed by atoms with E-state index in [4.69, 9.17) is 8.83 Å². The minimum atomic E-state index is -0.0544. The molecule has 2 aromatic heterocycles. The fraction of sp³-hybridized carbons (Fsp3) is 0.148. The maximum atomic E-state index is 6.85. The molecule has 0 unspecified atom stereocenters. The molecule has 0 saturated heterocycles. The molecule has 0 radical (unpaired) electrons. The molecule has 2 heterocycles. The van der Waals surface area contributed by atoms with Crippen LogP contribution in [-0.4, -0.2) is 0 Å². The van der Waals surface area contributed by atoms with Gasteiger partial charge in [0.2, 0.25) is 0 Å². The van der Waals surface area contributed by atoms with Crippen molar-refractivity contribution < 1.29 is 8.83 Å². The highest BCUT2D eigenvalue weighted by Gasteiger charge is 2.35. The Morgan fingerprint density at radius 1 is 0.462 bits per heavy atom. The second kappa shape index (κ2) is 14.0. The van der Waals surface area contributed by atoms with E-state index in [1.165, 1.54) is 60.3 Å². The minimum Gasteiger partial charge on any atom is -0.454 e. The summed E-state index contributed by atoms with van der Waals surface area (Å²) in [6, 6.07) is 62.1. The molecule has 1 aliphatic carbocycles. The van der Waals surface area contributed by atoms with Crippen molar-refractivity contribution in [2.45, 2.75) is 58.8 Å². The molecule has 65 heavy (non-hydrogen) atoms. The van der Waals surface area contributed by atoms with Crippen LogP contribution in [0.1, 0.15) is 62.3 Å². The molecule has 13 rings (SSSR count). The zero-order valence-electron chi connectivity index (χ0n) is 37.4. The fourth-order valence-corrected chi connectivity index (χ4v) is 11.3. The van der Waals surface area contributed by atoms with Crippen LogP contribution in [0.3, 0.4) is 0 Å². The van der Waals surface area contributed by atoms with Crippen molar-refractivity contribution in [3.63, 3.8) is 0 Å². The summed E-state index contributed by atoms with van der Waals surface area (Å²) in [5.74, 6) is 0.259. The zero-order chi connectivity index (χ0) is 43.7. The Hall–Kier alpha value is -7.56. The number of hydrogen-bond acceptors (Lipinski definition) is 4. The summed E-state index contributed by atoms with van der Waals surface area (Å²) in [6.45, 7) is 11.8. The first-order valence-corrected chi connectivity index (χ1v) is 23.1. The average molecular weight is 841 g/mol. The van der Waals surface area contributed by atoms with Crippen LogP contribution in [0.4, 0.5) is 34.1 Å². The van der Waals surface area contributed by atoms with Gasteiger partial charge >= 0.3 is 0 Å². The summed E-state index contributed by atoms with van der Waals surface area (Å²) in [6.07, 6.45) is 2.04. The van der Waals surface area contributed by atoms with E-state index >= 15 is 0 Å². The number of benzene rings is 10. The number of furan rings is 2. The molecule has 0 fully saturated rings. The molecule has 0 N–H and O–H groups in total. The lowest BCUT2D eigenvalue weighted by Crippen LogP contribution is -2.24. The number of para-hydroxylation sites is 6. The van der Waals surface area contributed by atoms with E-state index in [9.17, 15) is 0 Å². The summed E-state index contributed by atoms with van der Waals surface area (Å²) in [5.41, 5.74) is 15.4. The number of anilines is 6. The normalized spacial score (nSPS) is 13.8. The number of nitrogens with zero attached hydrogens (tertiary/aromatic N) is 2. The molecule has 0 aliphatic heterocycles. The lowest BCUT2D eigenvalue weighted by molar-refractivity contribution is 0.475. The SMILES string of the molecule is Cc1ccccc1N(c1cc2c3c(cc4c(N(c5ccccc5)c5cccc6c5oc5ccccc56)cc(C(C)C)c5ccc1c3c54)C(C)(C)CC2)c1cccc2c1oc1ccccc12. The lowest BCUT2D eigenvalue weighted by atomic mass is 9.70. The molecule has 1 aliphatic rings. The molecular formula is C61H48N2O2. The number of fused-ring (bicyclic) bond motifs is 6. The van der Waals surface area contributed by atoms with Gasteiger partial charge < -0.3 is 18.6 Å². The molecule has 10 aromatic carbocycles. The number of rotatable bonds is 7. The summed E-state index contributed by atoms with van der Waals surface area (Å²) >= 11 is 0. The maximum absolute atomic E-state index is 6.85. The van der Waals surface area contributed by atoms with Crippen molar-refractivity contribution in [2.75, 3.05) is 9.80 Å². The van der Waals surface area contributed by atoms with Crippen LogP contribution in [0.5, 0.6) is 0 Å². The lowest BCUT2D eigenvalue weighted by Gasteiger charge is -2.37. The van der Waals surface area contributed by atoms with Crippen molar-refractivity contribution in [1.82, 2.24) is 0 Å². The number of aryl methyl sites for hydroxylation is 2. The predicted octanol–water partition coefficient (Wildman–Crippen LogP) is 18.0. The van der Waals surface area contributed by atoms with Crippen LogP contribution >= 0.6 is 0 Å². The van der Waals surface area contributed by atoms with Crippen molar-refractivity contribution in [3.05, 3.63) is 192 Å². The molecule has 0 bridgehead atoms. The van der Waals surface area contributed by atoms with Crippen LogP contribution in [0, 0.1) is 6.92 Å². The van der Waals surface area contributed by atoms with Gasteiger partial charge in [0.25, 0.3) is 0 Å². The maximum Gasteiger partial charge on any atom is 0.159 e. The van der Waals surface area contributed by atoms with E-state index < -0.39 is 0 Å². The molecule has 0 atom stereocenters. The van der Waals surface area contributed by atoms with Gasteiger partial charge in [-0.2, -0.15) is 0 Å². The Morgan fingerprint density at radius 3 is 1.71 bits per heavy atom. The Labute approximate surface area is 378 Å². The van der Waals surface area contributed by atoms with Gasteiger partial charge in [0.1, 0.15) is 11.2 Å². The standard InChI is InChI=1S/C61H48N2O2/c1-36(2)46-35-53(62(39-18-7-6-8-19-39)50-25-15-22-43-40-20-10-13-27-54(40)64-59(43)50)47-34-48-56-38(31-32-61(48,4)5)33-52(45-30-29-42(46)57(47)58(45)56)63(49-24-12-9-17-37(49)3)51-26-16-23-44-41-21-11-14-28-55(41)65-60(44)51/h6-30,33-36H,31-32H2,1-5H3. The summed E-state index contributed by atoms with van der Waals surface area (Å²) in [4.78, 5) is 4.96. The topological polar surface area (TPSA) is 32.8 Å². The Bertz CT molecular complexity index is 3870. The highest BCUT2D eigenvalue weighted by atomic mass is 16.3. The predicted molar refractivity (Wildman–Crippen MR) is 274 cm³/mol. The summed E-state index contributed by atoms with van der Waals surface area (Å²) in [5, 5.41) is 12.3. The smallest absolute Gasteiger partial charge is 0.159 e. The highest BCUT2D eigenvalue weighted by Crippen LogP contribution is 2.56. The van der Waals surface area contributed by atoms with E-state index in [2.05, 4.69) is 214 Å². The largest absolute Gasteiger partial charge is 0.454 e. The van der Waals surface area contributed by atoms with Gasteiger partial charge in [-0.15, -0.1) is 0 Å². The summed E-state index contributed by atoms with van der Waals surface area (Å²) in [7, 11) is 0. The van der Waals surface area contributed by atoms with Crippen LogP contribution in [0.15, 0.2) is 179 Å². The quantitative estimate of drug-likeness (QED) is 0.150. The van der Waals surface area contributed by atoms with Crippen molar-refractivity contribution >= 4 is 110 Å². The van der Waals surface area contributed by atoms with Gasteiger partial charge in [-0.25, -0.2) is 0 Å². The van der Waals surface area contributed by atoms with E-state index in [1.807, 2.05) is 0 Å². The summed E-state index contributed by atoms with van der Waals surface area (Å²) < 4.78 is 13.7. The Balaban J connectivity index is 1.19. The van der Waals surface area contributed by atoms with E-state index in [-0.39, 0.29) is 11.3 Å². The zero-order valence-corrected chi connectivity index (χ0v) is 37.4. The van der Waals surface area contributed by atoms with E-state index in [0.29, 0.717) is 0 Å². The third-order valence-electron chi connectivity index (χ3n) is 14.5. The molecule has 0 saturated carbocycles. The van der Waals surface area contributed by atoms with Crippen molar-refractivity contribution in [2.24, 2.45) is 0 Å². The average Bonchev–Trinajstić information content (AvgIpc) is 3.91. The highest BCUT2D eigenvalue weighted by molar-refractivity contribution is 6.31. The second-order valence-corrected chi connectivity index (χ2v) is 19.1. The monoisotopic (exact) mass is 840 g/mol. The van der Waals surface area contributed by atoms with Crippen molar-refractivity contribution in [1.29, 1.82) is 0 Å². The van der Waals surface area contributed by atoms with Crippen molar-refractivity contribution in [3.8, 4) is 0 Å². The van der Waals surface area contributed by atoms with Gasteiger partial charge in [0.15, 0.2) is 11.2 Å². The first-order valence-electron chi connectivity index (χ1n) is 23.1. The molecule has 0 spiro atoms. The van der Waals surface area contributed by atoms with Gasteiger partial charge in [0.05, 0.1) is 22.7 Å².